The van der Waals surface area contributed by atoms with E-state index in [1.165, 1.54) is 0 Å². The van der Waals surface area contributed by atoms with Crippen molar-refractivity contribution in [3.63, 3.8) is 0 Å². The smallest absolute Gasteiger partial charge is 0.163 e. The van der Waals surface area contributed by atoms with Crippen LogP contribution in [0.2, 0.25) is 0 Å². The molecule has 1 saturated heterocycles. The number of piperidine rings is 1. The van der Waals surface area contributed by atoms with E-state index in [2.05, 4.69) is 21.8 Å². The molecule has 1 unspecified atom stereocenters. The van der Waals surface area contributed by atoms with Gasteiger partial charge in [-0.1, -0.05) is 0 Å². The fourth-order valence-corrected chi connectivity index (χ4v) is 3.14. The van der Waals surface area contributed by atoms with Crippen LogP contribution in [0.15, 0.2) is 24.5 Å². The van der Waals surface area contributed by atoms with E-state index < -0.39 is 0 Å². The number of anilines is 1. The van der Waals surface area contributed by atoms with Crippen LogP contribution in [0.4, 0.5) is 5.82 Å². The van der Waals surface area contributed by atoms with E-state index in [9.17, 15) is 5.11 Å². The van der Waals surface area contributed by atoms with E-state index in [-0.39, 0.29) is 6.10 Å². The molecule has 0 bridgehead atoms. The number of aryl methyl sites for hydroxylation is 1. The molecule has 1 N–H and O–H groups in total. The number of pyridine rings is 1. The first-order valence-electron chi connectivity index (χ1n) is 8.25. The van der Waals surface area contributed by atoms with E-state index in [1.807, 2.05) is 26.0 Å². The lowest BCUT2D eigenvalue weighted by molar-refractivity contribution is 0.109. The molecule has 0 amide bonds. The first kappa shape index (κ1) is 15.9. The largest absolute Gasteiger partial charge is 0.393 e. The normalized spacial score (nSPS) is 17.3. The fourth-order valence-electron chi connectivity index (χ4n) is 3.14. The molecule has 1 fully saturated rings. The van der Waals surface area contributed by atoms with Crippen molar-refractivity contribution < 1.29 is 5.11 Å². The van der Waals surface area contributed by atoms with Gasteiger partial charge in [0.2, 0.25) is 0 Å². The first-order chi connectivity index (χ1) is 11.1. The summed E-state index contributed by atoms with van der Waals surface area (Å²) in [5, 5.41) is 9.77. The molecule has 0 aliphatic carbocycles. The molecule has 1 atom stereocenters. The van der Waals surface area contributed by atoms with Gasteiger partial charge >= 0.3 is 0 Å². The van der Waals surface area contributed by atoms with Gasteiger partial charge in [-0.25, -0.2) is 9.97 Å². The van der Waals surface area contributed by atoms with Gasteiger partial charge in [0.05, 0.1) is 6.10 Å². The standard InChI is InChI=1S/C18H24N4O/c1-12-13(2)20-17(16-5-4-8-19-11-16)21-18(12)22-9-6-15(7-10-22)14(3)23/h4-5,8,11,14-15,23H,6-7,9-10H2,1-3H3. The van der Waals surface area contributed by atoms with Gasteiger partial charge < -0.3 is 10.0 Å². The van der Waals surface area contributed by atoms with Crippen LogP contribution in [0, 0.1) is 19.8 Å². The van der Waals surface area contributed by atoms with E-state index in [0.717, 1.165) is 54.4 Å². The van der Waals surface area contributed by atoms with Crippen molar-refractivity contribution in [2.24, 2.45) is 5.92 Å². The molecule has 5 nitrogen and oxygen atoms in total. The number of nitrogens with zero attached hydrogens (tertiary/aromatic N) is 4. The number of aromatic nitrogens is 3. The van der Waals surface area contributed by atoms with Crippen LogP contribution >= 0.6 is 0 Å². The minimum Gasteiger partial charge on any atom is -0.393 e. The van der Waals surface area contributed by atoms with E-state index in [0.29, 0.717) is 5.92 Å². The molecule has 1 aliphatic heterocycles. The maximum Gasteiger partial charge on any atom is 0.163 e. The fraction of sp³-hybridized carbons (Fsp3) is 0.500. The zero-order valence-electron chi connectivity index (χ0n) is 14.0. The molecule has 2 aromatic heterocycles. The summed E-state index contributed by atoms with van der Waals surface area (Å²) in [6.07, 6.45) is 5.33. The second-order valence-electron chi connectivity index (χ2n) is 6.39. The molecular weight excluding hydrogens is 288 g/mol. The molecule has 0 aromatic carbocycles. The summed E-state index contributed by atoms with van der Waals surface area (Å²) >= 11 is 0. The summed E-state index contributed by atoms with van der Waals surface area (Å²) < 4.78 is 0. The molecule has 0 radical (unpaired) electrons. The number of hydrogen-bond acceptors (Lipinski definition) is 5. The summed E-state index contributed by atoms with van der Waals surface area (Å²) in [6.45, 7) is 7.86. The molecule has 23 heavy (non-hydrogen) atoms. The van der Waals surface area contributed by atoms with E-state index in [1.54, 1.807) is 12.4 Å². The Bertz CT molecular complexity index is 664. The van der Waals surface area contributed by atoms with Gasteiger partial charge in [-0.05, 0) is 51.7 Å². The van der Waals surface area contributed by atoms with Gasteiger partial charge in [-0.2, -0.15) is 0 Å². The average molecular weight is 312 g/mol. The minimum atomic E-state index is -0.226. The van der Waals surface area contributed by atoms with Gasteiger partial charge in [0.1, 0.15) is 5.82 Å². The molecule has 0 spiro atoms. The molecule has 0 saturated carbocycles. The van der Waals surface area contributed by atoms with Crippen LogP contribution in [0.1, 0.15) is 31.0 Å². The maximum atomic E-state index is 9.77. The summed E-state index contributed by atoms with van der Waals surface area (Å²) in [5.74, 6) is 2.14. The second-order valence-corrected chi connectivity index (χ2v) is 6.39. The highest BCUT2D eigenvalue weighted by molar-refractivity contribution is 5.59. The molecule has 122 valence electrons. The Balaban J connectivity index is 1.89. The Morgan fingerprint density at radius 3 is 2.57 bits per heavy atom. The van der Waals surface area contributed by atoms with Gasteiger partial charge in [0.25, 0.3) is 0 Å². The van der Waals surface area contributed by atoms with Gasteiger partial charge in [-0.3, -0.25) is 4.98 Å². The monoisotopic (exact) mass is 312 g/mol. The summed E-state index contributed by atoms with van der Waals surface area (Å²) in [6, 6.07) is 3.89. The molecular formula is C18H24N4O. The van der Waals surface area contributed by atoms with Crippen LogP contribution in [0.3, 0.4) is 0 Å². The quantitative estimate of drug-likeness (QED) is 0.944. The Morgan fingerprint density at radius 2 is 1.96 bits per heavy atom. The van der Waals surface area contributed by atoms with Crippen molar-refractivity contribution in [1.29, 1.82) is 0 Å². The molecule has 3 rings (SSSR count). The molecule has 2 aromatic rings. The Hall–Kier alpha value is -2.01. The predicted molar refractivity (Wildman–Crippen MR) is 91.4 cm³/mol. The van der Waals surface area contributed by atoms with Crippen molar-refractivity contribution >= 4 is 5.82 Å². The highest BCUT2D eigenvalue weighted by Crippen LogP contribution is 2.29. The topological polar surface area (TPSA) is 62.1 Å². The average Bonchev–Trinajstić information content (AvgIpc) is 2.58. The van der Waals surface area contributed by atoms with Gasteiger partial charge in [-0.15, -0.1) is 0 Å². The SMILES string of the molecule is Cc1nc(-c2cccnc2)nc(N2CCC(C(C)O)CC2)c1C. The third-order valence-corrected chi connectivity index (χ3v) is 4.80. The number of aliphatic hydroxyl groups is 1. The highest BCUT2D eigenvalue weighted by Gasteiger charge is 2.25. The zero-order valence-corrected chi connectivity index (χ0v) is 14.0. The number of hydrogen-bond donors (Lipinski definition) is 1. The van der Waals surface area contributed by atoms with E-state index >= 15 is 0 Å². The van der Waals surface area contributed by atoms with Crippen molar-refractivity contribution in [3.8, 4) is 11.4 Å². The van der Waals surface area contributed by atoms with Crippen LogP contribution in [-0.4, -0.2) is 39.3 Å². The predicted octanol–water partition coefficient (Wildman–Crippen LogP) is 2.75. The van der Waals surface area contributed by atoms with Crippen LogP contribution in [0.25, 0.3) is 11.4 Å². The van der Waals surface area contributed by atoms with Crippen LogP contribution in [-0.2, 0) is 0 Å². The highest BCUT2D eigenvalue weighted by atomic mass is 16.3. The maximum absolute atomic E-state index is 9.77. The van der Waals surface area contributed by atoms with E-state index in [4.69, 9.17) is 4.98 Å². The molecule has 1 aliphatic rings. The lowest BCUT2D eigenvalue weighted by Crippen LogP contribution is -2.38. The van der Waals surface area contributed by atoms with Gasteiger partial charge in [0.15, 0.2) is 5.82 Å². The Kier molecular flexibility index (Phi) is 4.57. The minimum absolute atomic E-state index is 0.226. The van der Waals surface area contributed by atoms with Crippen LogP contribution in [0.5, 0.6) is 0 Å². The van der Waals surface area contributed by atoms with Crippen molar-refractivity contribution in [1.82, 2.24) is 15.0 Å². The first-order valence-corrected chi connectivity index (χ1v) is 8.25. The van der Waals surface area contributed by atoms with Gasteiger partial charge in [0, 0.05) is 42.3 Å². The van der Waals surface area contributed by atoms with Crippen molar-refractivity contribution in [3.05, 3.63) is 35.8 Å². The number of rotatable bonds is 3. The number of aliphatic hydroxyl groups excluding tert-OH is 1. The lowest BCUT2D eigenvalue weighted by Gasteiger charge is -2.35. The van der Waals surface area contributed by atoms with Crippen molar-refractivity contribution in [2.45, 2.75) is 39.7 Å². The summed E-state index contributed by atoms with van der Waals surface area (Å²) in [4.78, 5) is 15.9. The van der Waals surface area contributed by atoms with Crippen molar-refractivity contribution in [2.75, 3.05) is 18.0 Å². The zero-order chi connectivity index (χ0) is 16.4. The Morgan fingerprint density at radius 1 is 1.22 bits per heavy atom. The Labute approximate surface area is 137 Å². The third kappa shape index (κ3) is 3.34. The summed E-state index contributed by atoms with van der Waals surface area (Å²) in [5.41, 5.74) is 3.08. The molecule has 5 heteroatoms. The lowest BCUT2D eigenvalue weighted by atomic mass is 9.92. The second kappa shape index (κ2) is 6.62. The third-order valence-electron chi connectivity index (χ3n) is 4.80. The molecule has 3 heterocycles. The van der Waals surface area contributed by atoms with Crippen LogP contribution < -0.4 is 4.90 Å². The summed E-state index contributed by atoms with van der Waals surface area (Å²) in [7, 11) is 0.